The van der Waals surface area contributed by atoms with Crippen molar-refractivity contribution in [3.63, 3.8) is 0 Å². The monoisotopic (exact) mass is 176 g/mol. The summed E-state index contributed by atoms with van der Waals surface area (Å²) in [6, 6.07) is 0. The molecule has 0 saturated heterocycles. The van der Waals surface area contributed by atoms with Crippen LogP contribution in [-0.4, -0.2) is 33.0 Å². The minimum Gasteiger partial charge on any atom is -0.468 e. The van der Waals surface area contributed by atoms with Gasteiger partial charge < -0.3 is 14.2 Å². The Morgan fingerprint density at radius 2 is 1.83 bits per heavy atom. The lowest BCUT2D eigenvalue weighted by Crippen LogP contribution is -2.24. The van der Waals surface area contributed by atoms with Crippen molar-refractivity contribution in [3.8, 4) is 0 Å². The first-order chi connectivity index (χ1) is 5.63. The number of carbonyl (C=O) groups is 2. The molecule has 0 aliphatic rings. The Morgan fingerprint density at radius 3 is 2.25 bits per heavy atom. The van der Waals surface area contributed by atoms with Gasteiger partial charge in [0.15, 0.2) is 12.7 Å². The molecule has 0 saturated carbocycles. The van der Waals surface area contributed by atoms with Gasteiger partial charge in [-0.2, -0.15) is 0 Å². The Bertz CT molecular complexity index is 165. The lowest BCUT2D eigenvalue weighted by molar-refractivity contribution is -0.166. The molecule has 0 spiro atoms. The number of carbonyl (C=O) groups excluding carboxylic acids is 2. The standard InChI is InChI=1S/C7H12O5/c1-5(6(8)11-3)7(9)12-4-10-2/h5H,4H2,1-3H3. The van der Waals surface area contributed by atoms with Crippen molar-refractivity contribution in [1.82, 2.24) is 0 Å². The minimum absolute atomic E-state index is 0.153. The van der Waals surface area contributed by atoms with Crippen molar-refractivity contribution >= 4 is 11.9 Å². The van der Waals surface area contributed by atoms with Crippen molar-refractivity contribution < 1.29 is 23.8 Å². The van der Waals surface area contributed by atoms with Crippen molar-refractivity contribution in [1.29, 1.82) is 0 Å². The van der Waals surface area contributed by atoms with Crippen LogP contribution in [0, 0.1) is 5.92 Å². The Kier molecular flexibility index (Phi) is 5.03. The Labute approximate surface area is 70.6 Å². The van der Waals surface area contributed by atoms with Crippen LogP contribution < -0.4 is 0 Å². The first-order valence-electron chi connectivity index (χ1n) is 3.37. The largest absolute Gasteiger partial charge is 0.468 e. The van der Waals surface area contributed by atoms with Gasteiger partial charge in [0, 0.05) is 7.11 Å². The molecule has 0 N–H and O–H groups in total. The second-order valence-corrected chi connectivity index (χ2v) is 2.11. The molecule has 0 aromatic rings. The van der Waals surface area contributed by atoms with Gasteiger partial charge in [-0.15, -0.1) is 0 Å². The number of rotatable bonds is 4. The van der Waals surface area contributed by atoms with Crippen LogP contribution in [0.15, 0.2) is 0 Å². The summed E-state index contributed by atoms with van der Waals surface area (Å²) in [5.74, 6) is -2.16. The molecule has 1 atom stereocenters. The first kappa shape index (κ1) is 10.9. The average Bonchev–Trinajstić information content (AvgIpc) is 2.11. The van der Waals surface area contributed by atoms with E-state index in [9.17, 15) is 9.59 Å². The normalized spacial score (nSPS) is 11.9. The number of methoxy groups -OCH3 is 2. The van der Waals surface area contributed by atoms with E-state index in [0.717, 1.165) is 0 Å². The van der Waals surface area contributed by atoms with Gasteiger partial charge in [-0.05, 0) is 6.92 Å². The topological polar surface area (TPSA) is 61.8 Å². The van der Waals surface area contributed by atoms with E-state index in [4.69, 9.17) is 0 Å². The number of ether oxygens (including phenoxy) is 3. The fourth-order valence-corrected chi connectivity index (χ4v) is 0.515. The van der Waals surface area contributed by atoms with Gasteiger partial charge in [0.2, 0.25) is 0 Å². The number of esters is 2. The predicted octanol–water partition coefficient (Wildman–Crippen LogP) is -0.0574. The van der Waals surface area contributed by atoms with Gasteiger partial charge >= 0.3 is 11.9 Å². The quantitative estimate of drug-likeness (QED) is 0.341. The molecule has 12 heavy (non-hydrogen) atoms. The van der Waals surface area contributed by atoms with Crippen LogP contribution in [-0.2, 0) is 23.8 Å². The Morgan fingerprint density at radius 1 is 1.25 bits per heavy atom. The third-order valence-corrected chi connectivity index (χ3v) is 1.23. The molecule has 5 nitrogen and oxygen atoms in total. The van der Waals surface area contributed by atoms with E-state index in [1.54, 1.807) is 0 Å². The van der Waals surface area contributed by atoms with E-state index in [1.807, 2.05) is 0 Å². The third kappa shape index (κ3) is 3.34. The zero-order valence-corrected chi connectivity index (χ0v) is 7.33. The van der Waals surface area contributed by atoms with Gasteiger partial charge in [-0.25, -0.2) is 0 Å². The van der Waals surface area contributed by atoms with Crippen LogP contribution in [0.2, 0.25) is 0 Å². The maximum absolute atomic E-state index is 10.9. The van der Waals surface area contributed by atoms with Crippen LogP contribution in [0.1, 0.15) is 6.92 Å². The number of hydrogen-bond donors (Lipinski definition) is 0. The molecule has 0 aliphatic carbocycles. The van der Waals surface area contributed by atoms with Crippen LogP contribution >= 0.6 is 0 Å². The van der Waals surface area contributed by atoms with E-state index in [-0.39, 0.29) is 6.79 Å². The maximum Gasteiger partial charge on any atom is 0.322 e. The van der Waals surface area contributed by atoms with Crippen LogP contribution in [0.3, 0.4) is 0 Å². The fraction of sp³-hybridized carbons (Fsp3) is 0.714. The molecule has 1 unspecified atom stereocenters. The highest BCUT2D eigenvalue weighted by Gasteiger charge is 2.23. The summed E-state index contributed by atoms with van der Waals surface area (Å²) in [7, 11) is 2.60. The Hall–Kier alpha value is -1.10. The molecule has 0 aliphatic heterocycles. The summed E-state index contributed by atoms with van der Waals surface area (Å²) >= 11 is 0. The summed E-state index contributed by atoms with van der Waals surface area (Å²) in [5.41, 5.74) is 0. The highest BCUT2D eigenvalue weighted by molar-refractivity contribution is 5.94. The van der Waals surface area contributed by atoms with E-state index < -0.39 is 17.9 Å². The highest BCUT2D eigenvalue weighted by Crippen LogP contribution is 2.00. The van der Waals surface area contributed by atoms with E-state index >= 15 is 0 Å². The van der Waals surface area contributed by atoms with Crippen molar-refractivity contribution in [2.75, 3.05) is 21.0 Å². The van der Waals surface area contributed by atoms with E-state index in [0.29, 0.717) is 0 Å². The van der Waals surface area contributed by atoms with Gasteiger partial charge in [0.1, 0.15) is 0 Å². The van der Waals surface area contributed by atoms with Crippen LogP contribution in [0.5, 0.6) is 0 Å². The van der Waals surface area contributed by atoms with Gasteiger partial charge in [0.25, 0.3) is 0 Å². The predicted molar refractivity (Wildman–Crippen MR) is 39.1 cm³/mol. The lowest BCUT2D eigenvalue weighted by Gasteiger charge is -2.07. The highest BCUT2D eigenvalue weighted by atomic mass is 16.7. The summed E-state index contributed by atoms with van der Waals surface area (Å²) in [5, 5.41) is 0. The van der Waals surface area contributed by atoms with Gasteiger partial charge in [-0.1, -0.05) is 0 Å². The van der Waals surface area contributed by atoms with Gasteiger partial charge in [0.05, 0.1) is 7.11 Å². The molecule has 0 radical (unpaired) electrons. The molecule has 0 amide bonds. The number of hydrogen-bond acceptors (Lipinski definition) is 5. The average molecular weight is 176 g/mol. The minimum atomic E-state index is -0.898. The molecule has 0 aromatic heterocycles. The Balaban J connectivity index is 3.84. The molecular weight excluding hydrogens is 164 g/mol. The molecule has 0 rings (SSSR count). The molecule has 5 heteroatoms. The SMILES string of the molecule is COCOC(=O)C(C)C(=O)OC. The van der Waals surface area contributed by atoms with E-state index in [2.05, 4.69) is 14.2 Å². The zero-order valence-electron chi connectivity index (χ0n) is 7.33. The maximum atomic E-state index is 10.9. The zero-order chi connectivity index (χ0) is 9.56. The smallest absolute Gasteiger partial charge is 0.322 e. The third-order valence-electron chi connectivity index (χ3n) is 1.23. The molecule has 0 bridgehead atoms. The summed E-state index contributed by atoms with van der Waals surface area (Å²) in [6.45, 7) is 1.25. The van der Waals surface area contributed by atoms with E-state index in [1.165, 1.54) is 21.1 Å². The van der Waals surface area contributed by atoms with Gasteiger partial charge in [-0.3, -0.25) is 9.59 Å². The van der Waals surface area contributed by atoms with Crippen molar-refractivity contribution in [2.45, 2.75) is 6.92 Å². The molecule has 0 aromatic carbocycles. The fourth-order valence-electron chi connectivity index (χ4n) is 0.515. The second-order valence-electron chi connectivity index (χ2n) is 2.11. The van der Waals surface area contributed by atoms with Crippen molar-refractivity contribution in [2.24, 2.45) is 5.92 Å². The second kappa shape index (κ2) is 5.54. The summed E-state index contributed by atoms with van der Waals surface area (Å²) < 4.78 is 13.3. The molecule has 0 fully saturated rings. The molecular formula is C7H12O5. The van der Waals surface area contributed by atoms with Crippen LogP contribution in [0.25, 0.3) is 0 Å². The first-order valence-corrected chi connectivity index (χ1v) is 3.37. The van der Waals surface area contributed by atoms with Crippen LogP contribution in [0.4, 0.5) is 0 Å². The molecule has 70 valence electrons. The van der Waals surface area contributed by atoms with Crippen molar-refractivity contribution in [3.05, 3.63) is 0 Å². The molecule has 0 heterocycles. The summed E-state index contributed by atoms with van der Waals surface area (Å²) in [6.07, 6.45) is 0. The summed E-state index contributed by atoms with van der Waals surface area (Å²) in [4.78, 5) is 21.7. The lowest BCUT2D eigenvalue weighted by atomic mass is 10.2.